The zero-order valence-electron chi connectivity index (χ0n) is 29.1. The first-order chi connectivity index (χ1) is 24.4. The lowest BCUT2D eigenvalue weighted by molar-refractivity contribution is 0.0467. The van der Waals surface area contributed by atoms with E-state index in [4.69, 9.17) is 33.2 Å². The normalized spacial score (nSPS) is 13.1. The molecule has 0 aliphatic carbocycles. The number of rotatable bonds is 10. The Morgan fingerprint density at radius 1 is 0.620 bits per heavy atom. The van der Waals surface area contributed by atoms with Crippen LogP contribution >= 0.6 is 0 Å². The van der Waals surface area contributed by atoms with Crippen LogP contribution in [0.3, 0.4) is 0 Å². The van der Waals surface area contributed by atoms with Crippen LogP contribution in [0.15, 0.2) is 101 Å². The molecule has 0 unspecified atom stereocenters. The van der Waals surface area contributed by atoms with Crippen LogP contribution in [0.2, 0.25) is 0 Å². The molecule has 0 radical (unpaired) electrons. The summed E-state index contributed by atoms with van der Waals surface area (Å²) in [6.45, 7) is 2.15. The van der Waals surface area contributed by atoms with Gasteiger partial charge in [-0.3, -0.25) is 0 Å². The summed E-state index contributed by atoms with van der Waals surface area (Å²) in [4.78, 5) is 1.29. The van der Waals surface area contributed by atoms with Crippen molar-refractivity contribution in [3.05, 3.63) is 119 Å². The Labute approximate surface area is 296 Å². The molecule has 0 amide bonds. The van der Waals surface area contributed by atoms with E-state index in [1.165, 1.54) is 0 Å². The van der Waals surface area contributed by atoms with Crippen LogP contribution in [0.25, 0.3) is 11.1 Å². The highest BCUT2D eigenvalue weighted by Gasteiger charge is 2.22. The molecule has 4 aliphatic heterocycles. The summed E-state index contributed by atoms with van der Waals surface area (Å²) in [5, 5.41) is 0. The molecule has 9 heteroatoms. The molecule has 8 nitrogen and oxygen atoms in total. The fourth-order valence-electron chi connectivity index (χ4n) is 6.04. The maximum Gasteiger partial charge on any atom is 0.188 e. The Hall–Kier alpha value is -4.83. The van der Waals surface area contributed by atoms with Gasteiger partial charge in [0.05, 0.1) is 35.5 Å². The Morgan fingerprint density at radius 2 is 1.28 bits per heavy atom. The molecule has 0 aromatic heterocycles. The van der Waals surface area contributed by atoms with Crippen LogP contribution in [-0.2, 0) is 46.0 Å². The van der Waals surface area contributed by atoms with Gasteiger partial charge in [0.1, 0.15) is 23.0 Å². The fraction of sp³-hybridized carbons (Fsp3) is 0.268. The van der Waals surface area contributed by atoms with Crippen LogP contribution in [-0.4, -0.2) is 46.2 Å². The fourth-order valence-corrected chi connectivity index (χ4v) is 7.23. The van der Waals surface area contributed by atoms with Crippen molar-refractivity contribution >= 4 is 10.8 Å². The van der Waals surface area contributed by atoms with Crippen LogP contribution in [0.1, 0.15) is 27.8 Å². The number of benzene rings is 5. The van der Waals surface area contributed by atoms with Gasteiger partial charge in [-0.2, -0.15) is 0 Å². The largest absolute Gasteiger partial charge is 0.497 e. The van der Waals surface area contributed by atoms with Gasteiger partial charge >= 0.3 is 0 Å². The summed E-state index contributed by atoms with van der Waals surface area (Å²) < 4.78 is 55.3. The van der Waals surface area contributed by atoms with Crippen molar-refractivity contribution in [2.75, 3.05) is 42.0 Å². The molecule has 0 spiro atoms. The second kappa shape index (κ2) is 16.3. The van der Waals surface area contributed by atoms with Crippen molar-refractivity contribution in [1.29, 1.82) is 0 Å². The first kappa shape index (κ1) is 35.0. The first-order valence-corrected chi connectivity index (χ1v) is 17.6. The molecule has 1 atom stereocenters. The molecule has 9 rings (SSSR count). The summed E-state index contributed by atoms with van der Waals surface area (Å²) in [6.07, 6.45) is 2.68. The minimum Gasteiger partial charge on any atom is -0.497 e. The lowest BCUT2D eigenvalue weighted by Crippen LogP contribution is -2.07. The summed E-state index contributed by atoms with van der Waals surface area (Å²) in [7, 11) is 4.98. The molecule has 6 bridgehead atoms. The highest BCUT2D eigenvalue weighted by atomic mass is 32.2. The van der Waals surface area contributed by atoms with Gasteiger partial charge in [0.2, 0.25) is 0 Å². The molecule has 0 fully saturated rings. The van der Waals surface area contributed by atoms with Crippen molar-refractivity contribution in [2.45, 2.75) is 42.4 Å². The maximum absolute atomic E-state index is 14.2. The topological polar surface area (TPSA) is 81.7 Å². The van der Waals surface area contributed by atoms with E-state index in [9.17, 15) is 4.21 Å². The van der Waals surface area contributed by atoms with E-state index in [0.29, 0.717) is 64.2 Å². The number of ether oxygens (including phenoxy) is 7. The van der Waals surface area contributed by atoms with Crippen molar-refractivity contribution in [2.24, 2.45) is 0 Å². The average molecular weight is 695 g/mol. The number of aryl methyl sites for hydroxylation is 5. The van der Waals surface area contributed by atoms with Gasteiger partial charge in [-0.15, -0.1) is 0 Å². The third-order valence-electron chi connectivity index (χ3n) is 8.65. The molecule has 0 saturated heterocycles. The van der Waals surface area contributed by atoms with Gasteiger partial charge in [-0.1, -0.05) is 35.9 Å². The standard InChI is InChI=1S/C41H42O8S/c1-27-6-15-33(16-7-27)50(42)40-23-29-10-13-31-24-32(45-4)14-17-34(31)41-38(47-25-43-2)21-30(22-39(41)48-26-44-3)9-8-28-11-18-35(46-5)37(20-28)49-36(40)19-12-29/h6-7,11-12,14-24H,8-10,13,25-26H2,1-5H3/t50-/m0/s1. The molecule has 0 N–H and O–H groups in total. The molecular weight excluding hydrogens is 653 g/mol. The zero-order chi connectivity index (χ0) is 35.0. The van der Waals surface area contributed by atoms with Gasteiger partial charge in [0.25, 0.3) is 0 Å². The molecule has 5 aromatic carbocycles. The van der Waals surface area contributed by atoms with Gasteiger partial charge < -0.3 is 33.2 Å². The number of methoxy groups -OCH3 is 4. The van der Waals surface area contributed by atoms with E-state index < -0.39 is 10.8 Å². The smallest absolute Gasteiger partial charge is 0.188 e. The predicted octanol–water partition coefficient (Wildman–Crippen LogP) is 8.49. The third-order valence-corrected chi connectivity index (χ3v) is 10.1. The Balaban J connectivity index is 1.54. The Kier molecular flexibility index (Phi) is 11.4. The van der Waals surface area contributed by atoms with Crippen molar-refractivity contribution in [3.8, 4) is 45.6 Å². The molecule has 4 aliphatic rings. The van der Waals surface area contributed by atoms with E-state index in [0.717, 1.165) is 44.7 Å². The molecular formula is C41H42O8S. The van der Waals surface area contributed by atoms with E-state index in [1.54, 1.807) is 28.4 Å². The van der Waals surface area contributed by atoms with E-state index in [1.807, 2.05) is 85.8 Å². The Morgan fingerprint density at radius 3 is 1.96 bits per heavy atom. The lowest BCUT2D eigenvalue weighted by atomic mass is 9.92. The molecule has 4 heterocycles. The van der Waals surface area contributed by atoms with Gasteiger partial charge in [-0.05, 0) is 121 Å². The lowest BCUT2D eigenvalue weighted by Gasteiger charge is -2.21. The van der Waals surface area contributed by atoms with Crippen LogP contribution < -0.4 is 23.7 Å². The predicted molar refractivity (Wildman–Crippen MR) is 194 cm³/mol. The highest BCUT2D eigenvalue weighted by Crippen LogP contribution is 2.44. The van der Waals surface area contributed by atoms with Gasteiger partial charge in [0.15, 0.2) is 25.1 Å². The summed E-state index contributed by atoms with van der Waals surface area (Å²) >= 11 is 0. The molecule has 50 heavy (non-hydrogen) atoms. The van der Waals surface area contributed by atoms with Crippen LogP contribution in [0.5, 0.6) is 34.5 Å². The third kappa shape index (κ3) is 7.97. The summed E-state index contributed by atoms with van der Waals surface area (Å²) in [5.41, 5.74) is 6.94. The number of hydrogen-bond donors (Lipinski definition) is 0. The average Bonchev–Trinajstić information content (AvgIpc) is 3.14. The minimum absolute atomic E-state index is 0.0675. The minimum atomic E-state index is -1.50. The van der Waals surface area contributed by atoms with E-state index >= 15 is 0 Å². The first-order valence-electron chi connectivity index (χ1n) is 16.4. The maximum atomic E-state index is 14.2. The van der Waals surface area contributed by atoms with Crippen molar-refractivity contribution in [1.82, 2.24) is 0 Å². The monoisotopic (exact) mass is 694 g/mol. The van der Waals surface area contributed by atoms with E-state index in [-0.39, 0.29) is 13.6 Å². The van der Waals surface area contributed by atoms with E-state index in [2.05, 4.69) is 12.1 Å². The van der Waals surface area contributed by atoms with Gasteiger partial charge in [-0.25, -0.2) is 4.21 Å². The SMILES string of the molecule is COCOc1cc2cc(OCOC)c1-c1ccc(OC)cc1CCc1ccc(c([S@@](=O)c3ccc(C)cc3)c1)Oc1cc(ccc1OC)CC2. The quantitative estimate of drug-likeness (QED) is 0.135. The zero-order valence-corrected chi connectivity index (χ0v) is 29.9. The summed E-state index contributed by atoms with van der Waals surface area (Å²) in [5.74, 6) is 3.66. The molecule has 0 saturated carbocycles. The molecule has 5 aromatic rings. The van der Waals surface area contributed by atoms with Crippen molar-refractivity contribution in [3.63, 3.8) is 0 Å². The van der Waals surface area contributed by atoms with Crippen molar-refractivity contribution < 1.29 is 37.4 Å². The van der Waals surface area contributed by atoms with Gasteiger partial charge in [0, 0.05) is 19.1 Å². The second-order valence-corrected chi connectivity index (χ2v) is 13.5. The summed E-state index contributed by atoms with van der Waals surface area (Å²) in [6, 6.07) is 29.7. The number of hydrogen-bond acceptors (Lipinski definition) is 8. The Bertz CT molecular complexity index is 1940. The second-order valence-electron chi connectivity index (χ2n) is 12.0. The highest BCUT2D eigenvalue weighted by molar-refractivity contribution is 7.85. The molecule has 260 valence electrons. The van der Waals surface area contributed by atoms with Crippen LogP contribution in [0.4, 0.5) is 0 Å². The van der Waals surface area contributed by atoms with Crippen LogP contribution in [0, 0.1) is 6.92 Å².